The molecule has 0 bridgehead atoms. The summed E-state index contributed by atoms with van der Waals surface area (Å²) >= 11 is 0. The highest BCUT2D eigenvalue weighted by Gasteiger charge is 2.49. The van der Waals surface area contributed by atoms with E-state index in [1.165, 1.54) is 12.2 Å². The first-order valence-electron chi connectivity index (χ1n) is 8.83. The number of ether oxygens (including phenoxy) is 1. The number of hydrogen-bond donors (Lipinski definition) is 0. The Labute approximate surface area is 155 Å². The van der Waals surface area contributed by atoms with Crippen molar-refractivity contribution in [2.75, 3.05) is 13.2 Å². The maximum atomic E-state index is 12.9. The monoisotopic (exact) mass is 384 g/mol. The van der Waals surface area contributed by atoms with Crippen molar-refractivity contribution < 1.29 is 27.9 Å². The molecule has 0 amide bonds. The van der Waals surface area contributed by atoms with Gasteiger partial charge in [0.2, 0.25) is 0 Å². The summed E-state index contributed by atoms with van der Waals surface area (Å²) in [5.41, 5.74) is 8.53. The molecule has 1 aliphatic carbocycles. The summed E-state index contributed by atoms with van der Waals surface area (Å²) in [6.45, 7) is 12.9. The molecule has 1 saturated carbocycles. The van der Waals surface area contributed by atoms with Crippen LogP contribution in [0.3, 0.4) is 0 Å². The fraction of sp³-hybridized carbons (Fsp3) is 0.667. The fourth-order valence-corrected chi connectivity index (χ4v) is 4.42. The van der Waals surface area contributed by atoms with Crippen molar-refractivity contribution in [2.45, 2.75) is 46.1 Å². The minimum absolute atomic E-state index is 0.143. The number of hydrogen-bond acceptors (Lipinski definition) is 5. The SMILES string of the molecule is C=CCOP(=O)(OCC=C)C(=[N+]=[N-])C(=O)O[C@@H]1C[C@H](C)CC[C@H]1C(C)C. The van der Waals surface area contributed by atoms with Crippen LogP contribution >= 0.6 is 7.60 Å². The second-order valence-electron chi connectivity index (χ2n) is 6.86. The Balaban J connectivity index is 3.01. The van der Waals surface area contributed by atoms with E-state index in [0.717, 1.165) is 12.8 Å². The van der Waals surface area contributed by atoms with Crippen molar-refractivity contribution in [1.82, 2.24) is 0 Å². The molecule has 0 aliphatic heterocycles. The van der Waals surface area contributed by atoms with Crippen LogP contribution in [0.15, 0.2) is 25.3 Å². The zero-order chi connectivity index (χ0) is 19.7. The first kappa shape index (κ1) is 22.5. The van der Waals surface area contributed by atoms with Crippen LogP contribution in [0, 0.1) is 17.8 Å². The van der Waals surface area contributed by atoms with Gasteiger partial charge in [-0.1, -0.05) is 39.3 Å². The van der Waals surface area contributed by atoms with Gasteiger partial charge in [0.25, 0.3) is 0 Å². The van der Waals surface area contributed by atoms with Crippen molar-refractivity contribution in [3.8, 4) is 0 Å². The predicted molar refractivity (Wildman–Crippen MR) is 99.8 cm³/mol. The molecule has 0 heterocycles. The van der Waals surface area contributed by atoms with Gasteiger partial charge >= 0.3 is 19.0 Å². The topological polar surface area (TPSA) is 98.2 Å². The molecule has 3 atom stereocenters. The lowest BCUT2D eigenvalue weighted by molar-refractivity contribution is -0.151. The molecule has 0 saturated heterocycles. The highest BCUT2D eigenvalue weighted by atomic mass is 31.2. The Morgan fingerprint density at radius 3 is 2.31 bits per heavy atom. The number of esters is 1. The van der Waals surface area contributed by atoms with Gasteiger partial charge in [0.1, 0.15) is 6.10 Å². The molecular formula is C18H29N2O5P. The Kier molecular flexibility index (Phi) is 9.17. The van der Waals surface area contributed by atoms with Crippen LogP contribution in [0.25, 0.3) is 5.53 Å². The summed E-state index contributed by atoms with van der Waals surface area (Å²) in [5.74, 6) is -0.0554. The zero-order valence-corrected chi connectivity index (χ0v) is 16.7. The normalized spacial score (nSPS) is 23.2. The zero-order valence-electron chi connectivity index (χ0n) is 15.8. The summed E-state index contributed by atoms with van der Waals surface area (Å²) in [5, 5.41) is 0. The second kappa shape index (κ2) is 10.6. The van der Waals surface area contributed by atoms with Crippen LogP contribution in [0.5, 0.6) is 0 Å². The van der Waals surface area contributed by atoms with E-state index >= 15 is 0 Å². The molecule has 0 aromatic rings. The standard InChI is InChI=1S/C18H29N2O5P/c1-6-10-23-26(22,24-11-7-2)17(20-19)18(21)25-16-12-14(5)8-9-15(16)13(3)4/h6-7,13-16H,1-2,8-12H2,3-5H3/t14-,15+,16-/m1/s1. The molecule has 146 valence electrons. The van der Waals surface area contributed by atoms with E-state index in [1.54, 1.807) is 0 Å². The van der Waals surface area contributed by atoms with Gasteiger partial charge in [-0.05, 0) is 30.6 Å². The third-order valence-electron chi connectivity index (χ3n) is 4.48. The van der Waals surface area contributed by atoms with Gasteiger partial charge in [-0.2, -0.15) is 0 Å². The Bertz CT molecular complexity index is 597. The smallest absolute Gasteiger partial charge is 0.453 e. The highest BCUT2D eigenvalue weighted by molar-refractivity contribution is 7.74. The third-order valence-corrected chi connectivity index (χ3v) is 6.25. The van der Waals surface area contributed by atoms with Crippen LogP contribution < -0.4 is 0 Å². The molecule has 26 heavy (non-hydrogen) atoms. The average molecular weight is 384 g/mol. The van der Waals surface area contributed by atoms with E-state index < -0.39 is 19.0 Å². The Hall–Kier alpha value is -1.52. The molecule has 0 unspecified atom stereocenters. The Morgan fingerprint density at radius 1 is 1.27 bits per heavy atom. The van der Waals surface area contributed by atoms with Gasteiger partial charge in [0.05, 0.1) is 13.2 Å². The van der Waals surface area contributed by atoms with E-state index in [1.807, 2.05) is 0 Å². The van der Waals surface area contributed by atoms with E-state index in [-0.39, 0.29) is 25.2 Å². The van der Waals surface area contributed by atoms with Crippen molar-refractivity contribution in [3.05, 3.63) is 30.8 Å². The van der Waals surface area contributed by atoms with Crippen LogP contribution in [-0.4, -0.2) is 35.5 Å². The molecule has 0 N–H and O–H groups in total. The molecule has 0 aromatic carbocycles. The first-order chi connectivity index (χ1) is 12.3. The van der Waals surface area contributed by atoms with E-state index in [2.05, 4.69) is 38.7 Å². The molecular weight excluding hydrogens is 355 g/mol. The minimum atomic E-state index is -4.16. The van der Waals surface area contributed by atoms with Crippen LogP contribution in [0.4, 0.5) is 0 Å². The molecule has 0 radical (unpaired) electrons. The quantitative estimate of drug-likeness (QED) is 0.140. The second-order valence-corrected chi connectivity index (χ2v) is 8.79. The average Bonchev–Trinajstić information content (AvgIpc) is 2.58. The molecule has 7 nitrogen and oxygen atoms in total. The molecule has 1 rings (SSSR count). The Morgan fingerprint density at radius 2 is 1.85 bits per heavy atom. The number of rotatable bonds is 10. The van der Waals surface area contributed by atoms with Crippen LogP contribution in [0.2, 0.25) is 0 Å². The lowest BCUT2D eigenvalue weighted by Crippen LogP contribution is -2.37. The summed E-state index contributed by atoms with van der Waals surface area (Å²) in [7, 11) is -4.16. The maximum Gasteiger partial charge on any atom is 0.484 e. The number of carbonyl (C=O) groups is 1. The van der Waals surface area contributed by atoms with Gasteiger partial charge < -0.3 is 10.3 Å². The summed E-state index contributed by atoms with van der Waals surface area (Å²) < 4.78 is 28.7. The molecule has 0 aromatic heterocycles. The van der Waals surface area contributed by atoms with Crippen molar-refractivity contribution in [3.63, 3.8) is 0 Å². The van der Waals surface area contributed by atoms with Gasteiger partial charge in [0.15, 0.2) is 0 Å². The van der Waals surface area contributed by atoms with E-state index in [4.69, 9.17) is 13.8 Å². The predicted octanol–water partition coefficient (Wildman–Crippen LogP) is 4.22. The van der Waals surface area contributed by atoms with Gasteiger partial charge in [-0.3, -0.25) is 9.05 Å². The van der Waals surface area contributed by atoms with Crippen LogP contribution in [-0.2, 0) is 23.1 Å². The number of carbonyl (C=O) groups excluding carboxylic acids is 1. The summed E-state index contributed by atoms with van der Waals surface area (Å²) in [6.07, 6.45) is 5.08. The third kappa shape index (κ3) is 6.03. The van der Waals surface area contributed by atoms with Crippen molar-refractivity contribution in [1.29, 1.82) is 0 Å². The van der Waals surface area contributed by atoms with Gasteiger partial charge in [-0.15, -0.1) is 17.9 Å². The molecule has 8 heteroatoms. The molecule has 0 spiro atoms. The van der Waals surface area contributed by atoms with Gasteiger partial charge in [-0.25, -0.2) is 9.36 Å². The largest absolute Gasteiger partial charge is 0.484 e. The lowest BCUT2D eigenvalue weighted by atomic mass is 9.75. The maximum absolute atomic E-state index is 12.9. The molecule has 1 fully saturated rings. The van der Waals surface area contributed by atoms with Crippen molar-refractivity contribution in [2.24, 2.45) is 17.8 Å². The fourth-order valence-electron chi connectivity index (χ4n) is 3.11. The summed E-state index contributed by atoms with van der Waals surface area (Å²) in [4.78, 5) is 15.5. The van der Waals surface area contributed by atoms with Crippen molar-refractivity contribution >= 4 is 19.0 Å². The van der Waals surface area contributed by atoms with E-state index in [9.17, 15) is 14.9 Å². The molecule has 1 aliphatic rings. The lowest BCUT2D eigenvalue weighted by Gasteiger charge is -2.36. The minimum Gasteiger partial charge on any atom is -0.453 e. The highest BCUT2D eigenvalue weighted by Crippen LogP contribution is 2.49. The summed E-state index contributed by atoms with van der Waals surface area (Å²) in [6, 6.07) is 0. The van der Waals surface area contributed by atoms with E-state index in [0.29, 0.717) is 18.3 Å². The van der Waals surface area contributed by atoms with Gasteiger partial charge in [0, 0.05) is 0 Å². The first-order valence-corrected chi connectivity index (χ1v) is 10.4. The van der Waals surface area contributed by atoms with Crippen LogP contribution in [0.1, 0.15) is 40.0 Å². The number of nitrogens with zero attached hydrogens (tertiary/aromatic N) is 2.